The molecule has 1 N–H and O–H groups in total. The Morgan fingerprint density at radius 3 is 2.25 bits per heavy atom. The van der Waals surface area contributed by atoms with Gasteiger partial charge in [0.15, 0.2) is 0 Å². The molecule has 0 saturated carbocycles. The standard InChI is InChI=1S/C23H22F3NO5/c1-2-17(32-19-9-5-16(6-10-19)23(24,25)26)14-30-18-7-3-15(4-8-18)20(13-22(28)29)21-11-12-31-27-21/h3-12,17,20H,2,13-14H2,1H3,(H,28,29). The van der Waals surface area contributed by atoms with Crippen molar-refractivity contribution < 1.29 is 37.1 Å². The maximum atomic E-state index is 12.7. The Bertz CT molecular complexity index is 986. The van der Waals surface area contributed by atoms with Gasteiger partial charge < -0.3 is 19.1 Å². The monoisotopic (exact) mass is 449 g/mol. The first-order valence-electron chi connectivity index (χ1n) is 9.95. The van der Waals surface area contributed by atoms with Crippen molar-refractivity contribution >= 4 is 5.97 Å². The van der Waals surface area contributed by atoms with Crippen molar-refractivity contribution in [1.82, 2.24) is 5.16 Å². The molecule has 3 rings (SSSR count). The van der Waals surface area contributed by atoms with Gasteiger partial charge >= 0.3 is 12.1 Å². The first-order chi connectivity index (χ1) is 15.3. The summed E-state index contributed by atoms with van der Waals surface area (Å²) in [6.07, 6.45) is -2.91. The van der Waals surface area contributed by atoms with Gasteiger partial charge in [-0.15, -0.1) is 0 Å². The molecule has 2 aromatic carbocycles. The van der Waals surface area contributed by atoms with Crippen LogP contribution in [0.3, 0.4) is 0 Å². The smallest absolute Gasteiger partial charge is 0.416 e. The van der Waals surface area contributed by atoms with Crippen molar-refractivity contribution in [1.29, 1.82) is 0 Å². The van der Waals surface area contributed by atoms with Gasteiger partial charge in [-0.05, 0) is 48.4 Å². The number of rotatable bonds is 10. The molecule has 0 spiro atoms. The fourth-order valence-corrected chi connectivity index (χ4v) is 3.11. The molecule has 0 radical (unpaired) electrons. The summed E-state index contributed by atoms with van der Waals surface area (Å²) in [6, 6.07) is 13.1. The van der Waals surface area contributed by atoms with Crippen LogP contribution in [0, 0.1) is 0 Å². The Morgan fingerprint density at radius 2 is 1.72 bits per heavy atom. The summed E-state index contributed by atoms with van der Waals surface area (Å²) < 4.78 is 54.4. The van der Waals surface area contributed by atoms with Crippen LogP contribution in [0.4, 0.5) is 13.2 Å². The van der Waals surface area contributed by atoms with Crippen molar-refractivity contribution in [2.45, 2.75) is 38.0 Å². The van der Waals surface area contributed by atoms with E-state index >= 15 is 0 Å². The molecule has 0 fully saturated rings. The highest BCUT2D eigenvalue weighted by Gasteiger charge is 2.30. The number of halogens is 3. The van der Waals surface area contributed by atoms with Crippen molar-refractivity contribution in [2.75, 3.05) is 6.61 Å². The van der Waals surface area contributed by atoms with Gasteiger partial charge in [0.2, 0.25) is 0 Å². The van der Waals surface area contributed by atoms with Crippen LogP contribution in [0.2, 0.25) is 0 Å². The van der Waals surface area contributed by atoms with Crippen LogP contribution in [0.15, 0.2) is 65.4 Å². The van der Waals surface area contributed by atoms with Gasteiger partial charge in [-0.3, -0.25) is 4.79 Å². The lowest BCUT2D eigenvalue weighted by Crippen LogP contribution is -2.24. The van der Waals surface area contributed by atoms with Crippen molar-refractivity contribution in [3.05, 3.63) is 77.7 Å². The second-order valence-corrected chi connectivity index (χ2v) is 7.13. The quantitative estimate of drug-likeness (QED) is 0.438. The Morgan fingerprint density at radius 1 is 1.06 bits per heavy atom. The average molecular weight is 449 g/mol. The minimum atomic E-state index is -4.39. The number of hydrogen-bond acceptors (Lipinski definition) is 5. The van der Waals surface area contributed by atoms with Crippen LogP contribution in [-0.4, -0.2) is 28.9 Å². The van der Waals surface area contributed by atoms with Crippen LogP contribution < -0.4 is 9.47 Å². The zero-order valence-electron chi connectivity index (χ0n) is 17.2. The molecule has 9 heteroatoms. The first kappa shape index (κ1) is 23.2. The van der Waals surface area contributed by atoms with Crippen LogP contribution >= 0.6 is 0 Å². The molecule has 0 saturated heterocycles. The highest BCUT2D eigenvalue weighted by Crippen LogP contribution is 2.31. The largest absolute Gasteiger partial charge is 0.490 e. The predicted molar refractivity (Wildman–Crippen MR) is 109 cm³/mol. The number of carboxylic acid groups (broad SMARTS) is 1. The van der Waals surface area contributed by atoms with Crippen molar-refractivity contribution in [2.24, 2.45) is 0 Å². The summed E-state index contributed by atoms with van der Waals surface area (Å²) in [6.45, 7) is 2.08. The Hall–Kier alpha value is -3.49. The number of carboxylic acids is 1. The number of benzene rings is 2. The second-order valence-electron chi connectivity index (χ2n) is 7.13. The van der Waals surface area contributed by atoms with E-state index in [0.29, 0.717) is 23.6 Å². The highest BCUT2D eigenvalue weighted by atomic mass is 19.4. The molecular formula is C23H22F3NO5. The Labute approximate surface area is 182 Å². The first-order valence-corrected chi connectivity index (χ1v) is 9.95. The van der Waals surface area contributed by atoms with E-state index in [2.05, 4.69) is 5.16 Å². The van der Waals surface area contributed by atoms with Gasteiger partial charge in [-0.1, -0.05) is 24.2 Å². The zero-order chi connectivity index (χ0) is 23.1. The number of nitrogens with zero attached hydrogens (tertiary/aromatic N) is 1. The minimum Gasteiger partial charge on any atom is -0.490 e. The molecule has 2 unspecified atom stereocenters. The number of carbonyl (C=O) groups is 1. The molecule has 1 aromatic heterocycles. The average Bonchev–Trinajstić information content (AvgIpc) is 3.29. The number of ether oxygens (including phenoxy) is 2. The summed E-state index contributed by atoms with van der Waals surface area (Å²) in [4.78, 5) is 11.2. The molecule has 32 heavy (non-hydrogen) atoms. The van der Waals surface area contributed by atoms with Crippen LogP contribution in [0.5, 0.6) is 11.5 Å². The lowest BCUT2D eigenvalue weighted by atomic mass is 9.92. The number of aliphatic carboxylic acids is 1. The minimum absolute atomic E-state index is 0.133. The molecule has 0 bridgehead atoms. The molecule has 0 aliphatic heterocycles. The highest BCUT2D eigenvalue weighted by molar-refractivity contribution is 5.68. The molecule has 2 atom stereocenters. The van der Waals surface area contributed by atoms with E-state index in [4.69, 9.17) is 14.0 Å². The topological polar surface area (TPSA) is 81.8 Å². The maximum Gasteiger partial charge on any atom is 0.416 e. The molecule has 170 valence electrons. The third-order valence-corrected chi connectivity index (χ3v) is 4.85. The zero-order valence-corrected chi connectivity index (χ0v) is 17.2. The van der Waals surface area contributed by atoms with Crippen LogP contribution in [-0.2, 0) is 11.0 Å². The summed E-state index contributed by atoms with van der Waals surface area (Å²) in [7, 11) is 0. The number of hydrogen-bond donors (Lipinski definition) is 1. The second kappa shape index (κ2) is 10.2. The normalized spacial score (nSPS) is 13.4. The fraction of sp³-hybridized carbons (Fsp3) is 0.304. The van der Waals surface area contributed by atoms with Gasteiger partial charge in [0, 0.05) is 12.0 Å². The molecular weight excluding hydrogens is 427 g/mol. The van der Waals surface area contributed by atoms with E-state index in [9.17, 15) is 23.1 Å². The molecule has 0 aliphatic rings. The molecule has 3 aromatic rings. The molecule has 6 nitrogen and oxygen atoms in total. The number of aromatic nitrogens is 1. The summed E-state index contributed by atoms with van der Waals surface area (Å²) >= 11 is 0. The van der Waals surface area contributed by atoms with E-state index in [1.807, 2.05) is 6.92 Å². The predicted octanol–water partition coefficient (Wildman–Crippen LogP) is 5.54. The van der Waals surface area contributed by atoms with Gasteiger partial charge in [-0.2, -0.15) is 13.2 Å². The van der Waals surface area contributed by atoms with E-state index in [0.717, 1.165) is 17.7 Å². The van der Waals surface area contributed by atoms with E-state index in [-0.39, 0.29) is 19.1 Å². The summed E-state index contributed by atoms with van der Waals surface area (Å²) in [5.74, 6) is -0.526. The van der Waals surface area contributed by atoms with E-state index in [1.54, 1.807) is 30.3 Å². The Kier molecular flexibility index (Phi) is 7.40. The maximum absolute atomic E-state index is 12.7. The fourth-order valence-electron chi connectivity index (χ4n) is 3.11. The van der Waals surface area contributed by atoms with Gasteiger partial charge in [0.1, 0.15) is 30.5 Å². The molecule has 1 heterocycles. The summed E-state index contributed by atoms with van der Waals surface area (Å²) in [5, 5.41) is 13.0. The van der Waals surface area contributed by atoms with Gasteiger partial charge in [0.25, 0.3) is 0 Å². The van der Waals surface area contributed by atoms with Crippen LogP contribution in [0.1, 0.15) is 42.5 Å². The molecule has 0 aliphatic carbocycles. The van der Waals surface area contributed by atoms with Crippen molar-refractivity contribution in [3.8, 4) is 11.5 Å². The van der Waals surface area contributed by atoms with Gasteiger partial charge in [0.05, 0.1) is 17.7 Å². The van der Waals surface area contributed by atoms with Crippen molar-refractivity contribution in [3.63, 3.8) is 0 Å². The van der Waals surface area contributed by atoms with Gasteiger partial charge in [-0.25, -0.2) is 0 Å². The Balaban J connectivity index is 1.60. The SMILES string of the molecule is CCC(COc1ccc(C(CC(=O)O)c2ccon2)cc1)Oc1ccc(C(F)(F)F)cc1. The van der Waals surface area contributed by atoms with E-state index in [1.165, 1.54) is 18.4 Å². The third kappa shape index (κ3) is 6.26. The lowest BCUT2D eigenvalue weighted by Gasteiger charge is -2.19. The third-order valence-electron chi connectivity index (χ3n) is 4.85. The molecule has 0 amide bonds. The van der Waals surface area contributed by atoms with E-state index < -0.39 is 23.6 Å². The number of alkyl halides is 3. The van der Waals surface area contributed by atoms with Crippen LogP contribution in [0.25, 0.3) is 0 Å². The lowest BCUT2D eigenvalue weighted by molar-refractivity contribution is -0.138. The summed E-state index contributed by atoms with van der Waals surface area (Å²) in [5.41, 5.74) is 0.541.